The molecule has 71 heavy (non-hydrogen) atoms. The first-order valence-corrected chi connectivity index (χ1v) is 28.4. The molecular formula is C56H96ClF3N2O9. The van der Waals surface area contributed by atoms with E-state index in [2.05, 4.69) is 36.6 Å². The highest BCUT2D eigenvalue weighted by Gasteiger charge is 2.45. The van der Waals surface area contributed by atoms with Crippen LogP contribution < -0.4 is 10.6 Å². The monoisotopic (exact) mass is 1030 g/mol. The number of allylic oxidation sites excluding steroid dienone is 2. The van der Waals surface area contributed by atoms with Gasteiger partial charge < -0.3 is 45.6 Å². The Morgan fingerprint density at radius 2 is 1.14 bits per heavy atom. The molecule has 7 N–H and O–H groups in total. The van der Waals surface area contributed by atoms with Crippen LogP contribution in [-0.2, 0) is 20.4 Å². The number of aliphatic hydroxyl groups is 5. The number of halogens is 4. The molecule has 0 radical (unpaired) electrons. The number of nitrogens with one attached hydrogen (secondary N) is 2. The van der Waals surface area contributed by atoms with Gasteiger partial charge in [-0.05, 0) is 56.7 Å². The predicted octanol–water partition coefficient (Wildman–Crippen LogP) is 12.6. The lowest BCUT2D eigenvalue weighted by atomic mass is 9.98. The van der Waals surface area contributed by atoms with E-state index >= 15 is 0 Å². The molecule has 15 heteroatoms. The van der Waals surface area contributed by atoms with Gasteiger partial charge in [-0.15, -0.1) is 0 Å². The van der Waals surface area contributed by atoms with Crippen LogP contribution in [0.15, 0.2) is 30.4 Å². The summed E-state index contributed by atoms with van der Waals surface area (Å²) in [5.74, 6) is -1.29. The van der Waals surface area contributed by atoms with Crippen molar-refractivity contribution in [3.63, 3.8) is 0 Å². The maximum atomic E-state index is 13.4. The lowest BCUT2D eigenvalue weighted by molar-refractivity contribution is -0.297. The second-order valence-electron chi connectivity index (χ2n) is 20.1. The summed E-state index contributed by atoms with van der Waals surface area (Å²) in [6.07, 6.45) is 25.9. The van der Waals surface area contributed by atoms with Gasteiger partial charge in [-0.25, -0.2) is 0 Å². The van der Waals surface area contributed by atoms with Crippen molar-refractivity contribution in [2.75, 3.05) is 13.2 Å². The Kier molecular flexibility index (Phi) is 36.6. The zero-order chi connectivity index (χ0) is 52.1. The fourth-order valence-electron chi connectivity index (χ4n) is 9.16. The third-order valence-corrected chi connectivity index (χ3v) is 14.1. The van der Waals surface area contributed by atoms with Crippen LogP contribution in [0.4, 0.5) is 13.2 Å². The van der Waals surface area contributed by atoms with E-state index in [1.807, 2.05) is 0 Å². The highest BCUT2D eigenvalue weighted by atomic mass is 35.5. The average Bonchev–Trinajstić information content (AvgIpc) is 3.34. The van der Waals surface area contributed by atoms with Crippen LogP contribution in [0.1, 0.15) is 242 Å². The fraction of sp³-hybridized carbons (Fsp3) is 0.821. The highest BCUT2D eigenvalue weighted by Crippen LogP contribution is 2.35. The topological polar surface area (TPSA) is 178 Å². The number of ether oxygens (including phenoxy) is 2. The third-order valence-electron chi connectivity index (χ3n) is 13.8. The molecule has 1 aromatic carbocycles. The van der Waals surface area contributed by atoms with Crippen molar-refractivity contribution in [3.8, 4) is 0 Å². The van der Waals surface area contributed by atoms with Crippen LogP contribution in [-0.4, -0.2) is 99.5 Å². The molecule has 2 rings (SSSR count). The molecular weight excluding hydrogens is 937 g/mol. The van der Waals surface area contributed by atoms with E-state index < -0.39 is 84.8 Å². The van der Waals surface area contributed by atoms with Crippen LogP contribution >= 0.6 is 11.6 Å². The van der Waals surface area contributed by atoms with Crippen LogP contribution in [0, 0.1) is 0 Å². The Morgan fingerprint density at radius 3 is 1.63 bits per heavy atom. The minimum absolute atomic E-state index is 0.194. The number of hydrogen-bond donors (Lipinski definition) is 7. The Bertz CT molecular complexity index is 1540. The molecule has 4 unspecified atom stereocenters. The molecule has 0 bridgehead atoms. The molecule has 11 nitrogen and oxygen atoms in total. The summed E-state index contributed by atoms with van der Waals surface area (Å²) < 4.78 is 51.8. The molecule has 1 heterocycles. The van der Waals surface area contributed by atoms with E-state index in [9.17, 15) is 48.3 Å². The second-order valence-corrected chi connectivity index (χ2v) is 20.5. The molecule has 2 amide bonds. The first-order valence-electron chi connectivity index (χ1n) is 28.0. The van der Waals surface area contributed by atoms with Crippen molar-refractivity contribution >= 4 is 23.4 Å². The summed E-state index contributed by atoms with van der Waals surface area (Å²) in [6, 6.07) is 1.50. The predicted molar refractivity (Wildman–Crippen MR) is 278 cm³/mol. The Morgan fingerprint density at radius 1 is 0.676 bits per heavy atom. The molecule has 0 aliphatic carbocycles. The van der Waals surface area contributed by atoms with Crippen molar-refractivity contribution < 1.29 is 57.8 Å². The SMILES string of the molecule is CCCCCCCC/C=C\CCCCCCCCCCCCCC(=O)N[C@@H](CO[C@H]1OC(CNC(=O)c2ccc(Cl)c(C(F)(F)F)c2)[C@H](O)C(O)C1O)C(O)[C@H](O)CCCCCCCCCCCCCC. The lowest BCUT2D eigenvalue weighted by Gasteiger charge is -2.41. The number of amides is 2. The minimum Gasteiger partial charge on any atom is -0.390 e. The van der Waals surface area contributed by atoms with Gasteiger partial charge in [0.1, 0.15) is 30.5 Å². The number of benzene rings is 1. The van der Waals surface area contributed by atoms with Gasteiger partial charge in [0.2, 0.25) is 5.91 Å². The fourth-order valence-corrected chi connectivity index (χ4v) is 9.38. The van der Waals surface area contributed by atoms with Crippen molar-refractivity contribution in [1.29, 1.82) is 0 Å². The Labute approximate surface area is 430 Å². The lowest BCUT2D eigenvalue weighted by Crippen LogP contribution is -2.61. The summed E-state index contributed by atoms with van der Waals surface area (Å²) in [5.41, 5.74) is -1.57. The molecule has 1 aliphatic heterocycles. The minimum atomic E-state index is -4.81. The van der Waals surface area contributed by atoms with Crippen LogP contribution in [0.3, 0.4) is 0 Å². The van der Waals surface area contributed by atoms with Crippen LogP contribution in [0.25, 0.3) is 0 Å². The zero-order valence-corrected chi connectivity index (χ0v) is 44.4. The first-order chi connectivity index (χ1) is 34.2. The zero-order valence-electron chi connectivity index (χ0n) is 43.6. The summed E-state index contributed by atoms with van der Waals surface area (Å²) in [5, 5.41) is 59.2. The number of rotatable bonds is 43. The molecule has 0 saturated carbocycles. The second kappa shape index (κ2) is 40.1. The molecule has 0 spiro atoms. The maximum Gasteiger partial charge on any atom is 0.417 e. The molecule has 1 saturated heterocycles. The Hall–Kier alpha value is -2.30. The smallest absolute Gasteiger partial charge is 0.390 e. The van der Waals surface area contributed by atoms with E-state index in [-0.39, 0.29) is 24.3 Å². The maximum absolute atomic E-state index is 13.4. The molecule has 0 aromatic heterocycles. The number of carbonyl (C=O) groups is 2. The van der Waals surface area contributed by atoms with Gasteiger partial charge in [-0.2, -0.15) is 13.2 Å². The molecule has 1 aliphatic rings. The standard InChI is InChI=1S/C56H96ClF3N2O9/c1-3-5-7-9-11-13-15-17-18-19-20-21-22-23-24-25-27-29-31-33-35-37-49(64)62-46(50(65)47(63)36-34-32-30-28-26-16-14-12-10-8-6-4-2)42-70-55-53(68)52(67)51(66)48(71-55)41-61-54(69)43-38-39-45(57)44(40-43)56(58,59)60/h17-18,38-40,46-48,50-53,55,63,65-68H,3-16,19-37,41-42H2,1-2H3,(H,61,69)(H,62,64)/b18-17-/t46-,47+,48?,50?,51-,52?,53?,55-/m0/s1. The average molecular weight is 1030 g/mol. The van der Waals surface area contributed by atoms with Crippen molar-refractivity contribution in [2.45, 2.75) is 281 Å². The summed E-state index contributed by atoms with van der Waals surface area (Å²) in [7, 11) is 0. The number of alkyl halides is 3. The van der Waals surface area contributed by atoms with Gasteiger partial charge in [0, 0.05) is 18.5 Å². The van der Waals surface area contributed by atoms with Gasteiger partial charge in [-0.3, -0.25) is 9.59 Å². The van der Waals surface area contributed by atoms with Gasteiger partial charge in [0.15, 0.2) is 6.29 Å². The van der Waals surface area contributed by atoms with E-state index in [0.29, 0.717) is 18.9 Å². The molecule has 1 fully saturated rings. The van der Waals surface area contributed by atoms with E-state index in [1.165, 1.54) is 141 Å². The number of aliphatic hydroxyl groups excluding tert-OH is 5. The van der Waals surface area contributed by atoms with Crippen LogP contribution in [0.5, 0.6) is 0 Å². The highest BCUT2D eigenvalue weighted by molar-refractivity contribution is 6.31. The van der Waals surface area contributed by atoms with Gasteiger partial charge in [0.25, 0.3) is 5.91 Å². The van der Waals surface area contributed by atoms with Crippen LogP contribution in [0.2, 0.25) is 5.02 Å². The van der Waals surface area contributed by atoms with Gasteiger partial charge in [0.05, 0.1) is 29.3 Å². The third kappa shape index (κ3) is 29.4. The van der Waals surface area contributed by atoms with Crippen molar-refractivity contribution in [3.05, 3.63) is 46.5 Å². The van der Waals surface area contributed by atoms with Crippen molar-refractivity contribution in [1.82, 2.24) is 10.6 Å². The molecule has 412 valence electrons. The molecule has 8 atom stereocenters. The normalized spacial score (nSPS) is 19.8. The summed E-state index contributed by atoms with van der Waals surface area (Å²) >= 11 is 5.69. The molecule has 1 aromatic rings. The van der Waals surface area contributed by atoms with Gasteiger partial charge in [-0.1, -0.05) is 205 Å². The van der Waals surface area contributed by atoms with E-state index in [1.54, 1.807) is 0 Å². The quantitative estimate of drug-likeness (QED) is 0.0248. The van der Waals surface area contributed by atoms with Gasteiger partial charge >= 0.3 is 6.18 Å². The largest absolute Gasteiger partial charge is 0.417 e. The van der Waals surface area contributed by atoms with E-state index in [0.717, 1.165) is 57.1 Å². The number of unbranched alkanes of at least 4 members (excludes halogenated alkanes) is 28. The summed E-state index contributed by atoms with van der Waals surface area (Å²) in [4.78, 5) is 26.1. The Balaban J connectivity index is 1.83. The van der Waals surface area contributed by atoms with Crippen molar-refractivity contribution in [2.24, 2.45) is 0 Å². The number of hydrogen-bond acceptors (Lipinski definition) is 9. The van der Waals surface area contributed by atoms with E-state index in [4.69, 9.17) is 21.1 Å². The number of carbonyl (C=O) groups excluding carboxylic acids is 2. The summed E-state index contributed by atoms with van der Waals surface area (Å²) in [6.45, 7) is 3.53. The first kappa shape index (κ1) is 64.8.